The zero-order valence-corrected chi connectivity index (χ0v) is 15.8. The molecule has 3 N–H and O–H groups in total. The minimum absolute atomic E-state index is 0.212. The van der Waals surface area contributed by atoms with Gasteiger partial charge in [-0.2, -0.15) is 0 Å². The summed E-state index contributed by atoms with van der Waals surface area (Å²) < 4.78 is 0. The number of aliphatic hydroxyl groups is 1. The first-order chi connectivity index (χ1) is 11.7. The van der Waals surface area contributed by atoms with E-state index in [4.69, 9.17) is 4.99 Å². The Labute approximate surface area is 148 Å². The number of rotatable bonds is 7. The average Bonchev–Trinajstić information content (AvgIpc) is 2.65. The minimum Gasteiger partial charge on any atom is -0.396 e. The van der Waals surface area contributed by atoms with Gasteiger partial charge in [-0.15, -0.1) is 0 Å². The quantitative estimate of drug-likeness (QED) is 0.493. The topological polar surface area (TPSA) is 59.9 Å². The summed E-state index contributed by atoms with van der Waals surface area (Å²) in [6, 6.07) is 0. The highest BCUT2D eigenvalue weighted by molar-refractivity contribution is 5.79. The van der Waals surface area contributed by atoms with Crippen molar-refractivity contribution >= 4 is 5.96 Å². The van der Waals surface area contributed by atoms with Crippen LogP contribution in [-0.4, -0.2) is 60.8 Å². The third-order valence-electron chi connectivity index (χ3n) is 5.62. The molecule has 2 aliphatic rings. The van der Waals surface area contributed by atoms with Crippen LogP contribution >= 0.6 is 0 Å². The molecule has 140 valence electrons. The second kappa shape index (κ2) is 10.2. The van der Waals surface area contributed by atoms with Gasteiger partial charge >= 0.3 is 0 Å². The number of likely N-dealkylation sites (tertiary alicyclic amines) is 1. The summed E-state index contributed by atoms with van der Waals surface area (Å²) >= 11 is 0. The normalized spacial score (nSPS) is 23.7. The van der Waals surface area contributed by atoms with E-state index in [1.807, 2.05) is 6.92 Å². The lowest BCUT2D eigenvalue weighted by Gasteiger charge is -2.47. The van der Waals surface area contributed by atoms with Gasteiger partial charge in [0.2, 0.25) is 0 Å². The molecule has 1 unspecified atom stereocenters. The van der Waals surface area contributed by atoms with E-state index in [1.54, 1.807) is 0 Å². The Morgan fingerprint density at radius 1 is 1.08 bits per heavy atom. The predicted octanol–water partition coefficient (Wildman–Crippen LogP) is 2.36. The molecule has 0 spiro atoms. The van der Waals surface area contributed by atoms with Gasteiger partial charge in [0.25, 0.3) is 0 Å². The lowest BCUT2D eigenvalue weighted by Crippen LogP contribution is -2.54. The molecule has 0 aromatic heterocycles. The van der Waals surface area contributed by atoms with E-state index in [0.717, 1.165) is 25.6 Å². The van der Waals surface area contributed by atoms with Gasteiger partial charge < -0.3 is 15.7 Å². The van der Waals surface area contributed by atoms with Crippen LogP contribution in [0.3, 0.4) is 0 Å². The Balaban J connectivity index is 2.02. The Kier molecular flexibility index (Phi) is 8.33. The molecule has 0 bridgehead atoms. The zero-order valence-electron chi connectivity index (χ0n) is 15.8. The molecule has 1 aliphatic carbocycles. The number of aliphatic imine (C=N–C) groups is 1. The van der Waals surface area contributed by atoms with Crippen LogP contribution in [0.1, 0.15) is 65.2 Å². The van der Waals surface area contributed by atoms with Gasteiger partial charge in [0.05, 0.1) is 6.54 Å². The number of hydrogen-bond acceptors (Lipinski definition) is 3. The van der Waals surface area contributed by atoms with Gasteiger partial charge in [0.15, 0.2) is 5.96 Å². The second-order valence-corrected chi connectivity index (χ2v) is 7.70. The molecule has 24 heavy (non-hydrogen) atoms. The summed E-state index contributed by atoms with van der Waals surface area (Å²) in [5.74, 6) is 1.15. The Morgan fingerprint density at radius 3 is 2.38 bits per heavy atom. The van der Waals surface area contributed by atoms with Crippen molar-refractivity contribution in [3.63, 3.8) is 0 Å². The van der Waals surface area contributed by atoms with E-state index in [0.29, 0.717) is 0 Å². The molecule has 0 aromatic rings. The lowest BCUT2D eigenvalue weighted by atomic mass is 9.79. The smallest absolute Gasteiger partial charge is 0.191 e. The van der Waals surface area contributed by atoms with Crippen LogP contribution < -0.4 is 10.6 Å². The zero-order chi connectivity index (χ0) is 17.3. The number of hydrogen-bond donors (Lipinski definition) is 3. The highest BCUT2D eigenvalue weighted by Gasteiger charge is 2.38. The number of guanidine groups is 1. The minimum atomic E-state index is 0.212. The van der Waals surface area contributed by atoms with Crippen LogP contribution in [0.25, 0.3) is 0 Å². The molecule has 2 rings (SSSR count). The molecule has 1 heterocycles. The Bertz CT molecular complexity index is 374. The van der Waals surface area contributed by atoms with Crippen molar-refractivity contribution in [1.82, 2.24) is 15.5 Å². The van der Waals surface area contributed by atoms with E-state index in [1.165, 1.54) is 64.5 Å². The molecule has 1 saturated carbocycles. The highest BCUT2D eigenvalue weighted by Crippen LogP contribution is 2.35. The molecule has 5 heteroatoms. The fraction of sp³-hybridized carbons (Fsp3) is 0.947. The second-order valence-electron chi connectivity index (χ2n) is 7.70. The number of piperidine rings is 1. The van der Waals surface area contributed by atoms with Crippen LogP contribution in [0.4, 0.5) is 0 Å². The van der Waals surface area contributed by atoms with Crippen molar-refractivity contribution in [3.05, 3.63) is 0 Å². The lowest BCUT2D eigenvalue weighted by molar-refractivity contribution is 0.0407. The molecule has 0 radical (unpaired) electrons. The largest absolute Gasteiger partial charge is 0.396 e. The highest BCUT2D eigenvalue weighted by atomic mass is 16.3. The third-order valence-corrected chi connectivity index (χ3v) is 5.62. The predicted molar refractivity (Wildman–Crippen MR) is 101 cm³/mol. The maximum absolute atomic E-state index is 9.22. The van der Waals surface area contributed by atoms with Gasteiger partial charge in [0.1, 0.15) is 0 Å². The maximum Gasteiger partial charge on any atom is 0.191 e. The third kappa shape index (κ3) is 5.62. The number of nitrogens with zero attached hydrogens (tertiary/aromatic N) is 2. The van der Waals surface area contributed by atoms with E-state index in [9.17, 15) is 5.11 Å². The van der Waals surface area contributed by atoms with Crippen LogP contribution in [0.2, 0.25) is 0 Å². The number of nitrogens with one attached hydrogen (secondary N) is 2. The summed E-state index contributed by atoms with van der Waals surface area (Å²) in [4.78, 5) is 7.71. The van der Waals surface area contributed by atoms with Gasteiger partial charge in [-0.25, -0.2) is 0 Å². The van der Waals surface area contributed by atoms with Crippen LogP contribution in [0.5, 0.6) is 0 Å². The molecule has 1 atom stereocenters. The fourth-order valence-electron chi connectivity index (χ4n) is 4.06. The molecular weight excluding hydrogens is 300 g/mol. The van der Waals surface area contributed by atoms with Crippen LogP contribution in [-0.2, 0) is 0 Å². The van der Waals surface area contributed by atoms with Crippen molar-refractivity contribution in [2.24, 2.45) is 10.9 Å². The van der Waals surface area contributed by atoms with Crippen molar-refractivity contribution < 1.29 is 5.11 Å². The first-order valence-electron chi connectivity index (χ1n) is 10.1. The van der Waals surface area contributed by atoms with E-state index in [-0.39, 0.29) is 18.1 Å². The molecule has 1 saturated heterocycles. The molecular formula is C19H38N4O. The first-order valence-corrected chi connectivity index (χ1v) is 10.1. The van der Waals surface area contributed by atoms with Crippen molar-refractivity contribution in [2.75, 3.05) is 39.3 Å². The van der Waals surface area contributed by atoms with E-state index in [2.05, 4.69) is 22.5 Å². The molecule has 2 fully saturated rings. The Hall–Kier alpha value is -0.810. The summed E-state index contributed by atoms with van der Waals surface area (Å²) in [5.41, 5.74) is 0.281. The van der Waals surface area contributed by atoms with Crippen LogP contribution in [0.15, 0.2) is 4.99 Å². The number of aliphatic hydroxyl groups excluding tert-OH is 1. The van der Waals surface area contributed by atoms with Gasteiger partial charge in [-0.3, -0.25) is 9.89 Å². The molecule has 1 aliphatic heterocycles. The summed E-state index contributed by atoms with van der Waals surface area (Å²) in [6.07, 6.45) is 10.7. The Morgan fingerprint density at radius 2 is 1.75 bits per heavy atom. The van der Waals surface area contributed by atoms with Crippen molar-refractivity contribution in [2.45, 2.75) is 70.8 Å². The van der Waals surface area contributed by atoms with E-state index >= 15 is 0 Å². The molecule has 0 amide bonds. The summed E-state index contributed by atoms with van der Waals surface area (Å²) in [5, 5.41) is 16.0. The monoisotopic (exact) mass is 338 g/mol. The van der Waals surface area contributed by atoms with Crippen LogP contribution in [0, 0.1) is 5.92 Å². The standard InChI is InChI=1S/C19H38N4O/c1-3-20-18(21-14-17(2)15-24)22-16-19(10-6-4-7-11-19)23-12-8-5-9-13-23/h17,24H,3-16H2,1-2H3,(H2,20,21,22). The van der Waals surface area contributed by atoms with Gasteiger partial charge in [-0.1, -0.05) is 32.6 Å². The maximum atomic E-state index is 9.22. The summed E-state index contributed by atoms with van der Waals surface area (Å²) in [7, 11) is 0. The van der Waals surface area contributed by atoms with Crippen molar-refractivity contribution in [3.8, 4) is 0 Å². The first kappa shape index (κ1) is 19.5. The van der Waals surface area contributed by atoms with Gasteiger partial charge in [-0.05, 0) is 51.6 Å². The fourth-order valence-corrected chi connectivity index (χ4v) is 4.06. The average molecular weight is 339 g/mol. The summed E-state index contributed by atoms with van der Waals surface area (Å²) in [6.45, 7) is 9.40. The van der Waals surface area contributed by atoms with E-state index < -0.39 is 0 Å². The van der Waals surface area contributed by atoms with Crippen molar-refractivity contribution in [1.29, 1.82) is 0 Å². The molecule has 5 nitrogen and oxygen atoms in total. The van der Waals surface area contributed by atoms with Gasteiger partial charge in [0, 0.05) is 25.2 Å². The SMILES string of the molecule is CCNC(=NCC1(N2CCCCC2)CCCCC1)NCC(C)CO. The molecule has 0 aromatic carbocycles.